The summed E-state index contributed by atoms with van der Waals surface area (Å²) in [5, 5.41) is 71.4. The van der Waals surface area contributed by atoms with Crippen LogP contribution in [0.1, 0.15) is 65.7 Å². The minimum atomic E-state index is -1.58. The predicted molar refractivity (Wildman–Crippen MR) is 127 cm³/mol. The SMILES string of the molecule is CC(C)(C(=O)O)[C@H]1CC[C@@]23C[C@@H](CC[C@H]2[C@]1(C)CC(=O)O)[C@@](O)(CO[C@H]1O[C@H](CO)[C@@H](O)[C@H](O)[C@H]1O)C3. The smallest absolute Gasteiger partial charge is 0.309 e. The van der Waals surface area contributed by atoms with Crippen LogP contribution in [0.15, 0.2) is 0 Å². The van der Waals surface area contributed by atoms with E-state index in [9.17, 15) is 45.3 Å². The summed E-state index contributed by atoms with van der Waals surface area (Å²) in [5.74, 6) is -2.49. The Hall–Kier alpha value is -1.34. The van der Waals surface area contributed by atoms with Crippen molar-refractivity contribution in [1.29, 1.82) is 0 Å². The molecule has 0 amide bonds. The summed E-state index contributed by atoms with van der Waals surface area (Å²) in [4.78, 5) is 24.2. The van der Waals surface area contributed by atoms with Gasteiger partial charge in [0.25, 0.3) is 0 Å². The maximum atomic E-state index is 12.2. The fourth-order valence-corrected chi connectivity index (χ4v) is 8.72. The third-order valence-corrected chi connectivity index (χ3v) is 10.4. The zero-order valence-corrected chi connectivity index (χ0v) is 21.7. The van der Waals surface area contributed by atoms with Crippen LogP contribution in [0.4, 0.5) is 0 Å². The largest absolute Gasteiger partial charge is 0.481 e. The number of carbonyl (C=O) groups is 2. The van der Waals surface area contributed by atoms with Crippen LogP contribution in [0.5, 0.6) is 0 Å². The molecular weight excluding hydrogens is 488 g/mol. The van der Waals surface area contributed by atoms with Crippen molar-refractivity contribution in [2.75, 3.05) is 13.2 Å². The Labute approximate surface area is 216 Å². The number of aliphatic carboxylic acids is 2. The van der Waals surface area contributed by atoms with Gasteiger partial charge in [-0.1, -0.05) is 6.92 Å². The summed E-state index contributed by atoms with van der Waals surface area (Å²) in [5.41, 5.74) is -3.54. The number of aliphatic hydroxyl groups excluding tert-OH is 4. The number of hydrogen-bond acceptors (Lipinski definition) is 9. The van der Waals surface area contributed by atoms with Gasteiger partial charge in [0.1, 0.15) is 24.4 Å². The van der Waals surface area contributed by atoms with E-state index in [0.29, 0.717) is 38.5 Å². The highest BCUT2D eigenvalue weighted by Gasteiger charge is 2.67. The van der Waals surface area contributed by atoms with E-state index >= 15 is 0 Å². The molecule has 4 fully saturated rings. The summed E-state index contributed by atoms with van der Waals surface area (Å²) < 4.78 is 11.2. The lowest BCUT2D eigenvalue weighted by atomic mass is 9.43. The van der Waals surface area contributed by atoms with Gasteiger partial charge >= 0.3 is 11.9 Å². The summed E-state index contributed by atoms with van der Waals surface area (Å²) >= 11 is 0. The van der Waals surface area contributed by atoms with Crippen molar-refractivity contribution in [3.63, 3.8) is 0 Å². The Morgan fingerprint density at radius 1 is 1.05 bits per heavy atom. The highest BCUT2D eigenvalue weighted by molar-refractivity contribution is 5.75. The van der Waals surface area contributed by atoms with Gasteiger partial charge in [0, 0.05) is 0 Å². The molecule has 1 aliphatic heterocycles. The quantitative estimate of drug-likeness (QED) is 0.229. The van der Waals surface area contributed by atoms with Crippen molar-refractivity contribution in [2.45, 2.75) is 102 Å². The van der Waals surface area contributed by atoms with Crippen LogP contribution in [0.3, 0.4) is 0 Å². The zero-order valence-electron chi connectivity index (χ0n) is 21.7. The molecule has 4 rings (SSSR count). The molecular formula is C26H42O11. The van der Waals surface area contributed by atoms with Gasteiger partial charge < -0.3 is 45.2 Å². The molecule has 0 unspecified atom stereocenters. The fraction of sp³-hybridized carbons (Fsp3) is 0.923. The van der Waals surface area contributed by atoms with Gasteiger partial charge in [-0.15, -0.1) is 0 Å². The van der Waals surface area contributed by atoms with E-state index in [4.69, 9.17) is 9.47 Å². The van der Waals surface area contributed by atoms with Crippen LogP contribution in [-0.2, 0) is 19.1 Å². The summed E-state index contributed by atoms with van der Waals surface area (Å²) in [6.45, 7) is 4.46. The molecule has 2 bridgehead atoms. The Kier molecular flexibility index (Phi) is 7.51. The fourth-order valence-electron chi connectivity index (χ4n) is 8.72. The van der Waals surface area contributed by atoms with E-state index in [1.54, 1.807) is 13.8 Å². The normalized spacial score (nSPS) is 47.9. The zero-order chi connectivity index (χ0) is 27.6. The van der Waals surface area contributed by atoms with Gasteiger partial charge in [-0.25, -0.2) is 0 Å². The van der Waals surface area contributed by atoms with Crippen molar-refractivity contribution < 1.29 is 54.8 Å². The molecule has 11 heteroatoms. The average molecular weight is 531 g/mol. The number of carboxylic acid groups (broad SMARTS) is 2. The molecule has 3 saturated carbocycles. The Balaban J connectivity index is 1.56. The lowest BCUT2D eigenvalue weighted by Crippen LogP contribution is -2.59. The van der Waals surface area contributed by atoms with E-state index in [-0.39, 0.29) is 36.2 Å². The number of fused-ring (bicyclic) bond motifs is 1. The van der Waals surface area contributed by atoms with Gasteiger partial charge in [-0.05, 0) is 81.0 Å². The van der Waals surface area contributed by atoms with Gasteiger partial charge in [0.15, 0.2) is 6.29 Å². The highest BCUT2D eigenvalue weighted by Crippen LogP contribution is 2.71. The second kappa shape index (κ2) is 9.69. The molecule has 11 atom stereocenters. The molecule has 1 heterocycles. The van der Waals surface area contributed by atoms with Crippen LogP contribution in [0, 0.1) is 34.0 Å². The molecule has 0 aromatic heterocycles. The van der Waals surface area contributed by atoms with Crippen LogP contribution in [0.2, 0.25) is 0 Å². The topological polar surface area (TPSA) is 194 Å². The Bertz CT molecular complexity index is 892. The summed E-state index contributed by atoms with van der Waals surface area (Å²) in [7, 11) is 0. The Morgan fingerprint density at radius 3 is 2.32 bits per heavy atom. The molecule has 3 aliphatic carbocycles. The lowest BCUT2D eigenvalue weighted by molar-refractivity contribution is -0.310. The molecule has 1 saturated heterocycles. The van der Waals surface area contributed by atoms with Crippen LogP contribution < -0.4 is 0 Å². The van der Waals surface area contributed by atoms with Crippen molar-refractivity contribution in [3.8, 4) is 0 Å². The van der Waals surface area contributed by atoms with Crippen molar-refractivity contribution in [3.05, 3.63) is 0 Å². The Morgan fingerprint density at radius 2 is 1.73 bits per heavy atom. The van der Waals surface area contributed by atoms with E-state index in [1.165, 1.54) is 0 Å². The van der Waals surface area contributed by atoms with Gasteiger partial charge in [0.2, 0.25) is 0 Å². The first-order valence-corrected chi connectivity index (χ1v) is 13.2. The van der Waals surface area contributed by atoms with E-state index in [2.05, 4.69) is 0 Å². The molecule has 4 aliphatic rings. The van der Waals surface area contributed by atoms with Gasteiger partial charge in [-0.3, -0.25) is 9.59 Å². The minimum absolute atomic E-state index is 0.0917. The van der Waals surface area contributed by atoms with Crippen LogP contribution in [0.25, 0.3) is 0 Å². The molecule has 0 radical (unpaired) electrons. The lowest BCUT2D eigenvalue weighted by Gasteiger charge is -2.60. The van der Waals surface area contributed by atoms with E-state index in [1.807, 2.05) is 6.92 Å². The van der Waals surface area contributed by atoms with E-state index < -0.39 is 65.7 Å². The number of aliphatic hydroxyl groups is 5. The predicted octanol–water partition coefficient (Wildman–Crippen LogP) is 0.342. The standard InChI is InChI=1S/C26H42O11/c1-23(2,22(33)34)15-6-7-25-8-13(4-5-16(25)24(15,3)9-17(28)29)26(35,11-25)12-36-21-20(32)19(31)18(30)14(10-27)37-21/h13-16,18-21,27,30-32,35H,4-12H2,1-3H3,(H,28,29)(H,33,34)/t13-,14-,15-,16+,18-,19+,20-,21+,24-,25+,26+/m1/s1. The van der Waals surface area contributed by atoms with Crippen molar-refractivity contribution in [2.24, 2.45) is 34.0 Å². The molecule has 7 N–H and O–H groups in total. The van der Waals surface area contributed by atoms with Crippen molar-refractivity contribution in [1.82, 2.24) is 0 Å². The molecule has 1 spiro atoms. The summed E-state index contributed by atoms with van der Waals surface area (Å²) in [6.07, 6.45) is -3.75. The maximum absolute atomic E-state index is 12.2. The highest BCUT2D eigenvalue weighted by atomic mass is 16.7. The third-order valence-electron chi connectivity index (χ3n) is 10.4. The van der Waals surface area contributed by atoms with Gasteiger partial charge in [0.05, 0.1) is 30.7 Å². The second-order valence-electron chi connectivity index (χ2n) is 12.9. The second-order valence-corrected chi connectivity index (χ2v) is 12.9. The first kappa shape index (κ1) is 28.7. The molecule has 37 heavy (non-hydrogen) atoms. The van der Waals surface area contributed by atoms with Crippen LogP contribution >= 0.6 is 0 Å². The monoisotopic (exact) mass is 530 g/mol. The average Bonchev–Trinajstić information content (AvgIpc) is 3.01. The molecule has 212 valence electrons. The minimum Gasteiger partial charge on any atom is -0.481 e. The van der Waals surface area contributed by atoms with Crippen molar-refractivity contribution >= 4 is 11.9 Å². The number of hydrogen-bond donors (Lipinski definition) is 7. The van der Waals surface area contributed by atoms with Gasteiger partial charge in [-0.2, -0.15) is 0 Å². The number of rotatable bonds is 8. The van der Waals surface area contributed by atoms with E-state index in [0.717, 1.165) is 0 Å². The molecule has 0 aromatic rings. The first-order chi connectivity index (χ1) is 17.1. The third kappa shape index (κ3) is 4.60. The van der Waals surface area contributed by atoms with Crippen LogP contribution in [-0.4, -0.2) is 97.2 Å². The number of carboxylic acids is 2. The molecule has 11 nitrogen and oxygen atoms in total. The summed E-state index contributed by atoms with van der Waals surface area (Å²) in [6, 6.07) is 0. The molecule has 0 aromatic carbocycles. The first-order valence-electron chi connectivity index (χ1n) is 13.2. The number of ether oxygens (including phenoxy) is 2. The maximum Gasteiger partial charge on any atom is 0.309 e.